The SMILES string of the molecule is O=C(O)c1ccc(S(=O)(=O)NC2CCSC2)cc1Cl. The number of aromatic carboxylic acids is 1. The molecule has 1 heterocycles. The molecule has 1 fully saturated rings. The van der Waals surface area contributed by atoms with Gasteiger partial charge in [0.15, 0.2) is 0 Å². The van der Waals surface area contributed by atoms with E-state index < -0.39 is 16.0 Å². The first kappa shape index (κ1) is 14.6. The van der Waals surface area contributed by atoms with E-state index in [0.29, 0.717) is 0 Å². The van der Waals surface area contributed by atoms with Crippen molar-refractivity contribution >= 4 is 39.4 Å². The molecular formula is C11H12ClNO4S2. The van der Waals surface area contributed by atoms with E-state index in [1.807, 2.05) is 0 Å². The third kappa shape index (κ3) is 3.42. The quantitative estimate of drug-likeness (QED) is 0.884. The van der Waals surface area contributed by atoms with Crippen molar-refractivity contribution in [2.24, 2.45) is 0 Å². The molecular weight excluding hydrogens is 310 g/mol. The number of carboxylic acids is 1. The molecule has 0 bridgehead atoms. The molecule has 19 heavy (non-hydrogen) atoms. The van der Waals surface area contributed by atoms with E-state index >= 15 is 0 Å². The Morgan fingerprint density at radius 1 is 1.47 bits per heavy atom. The first-order valence-electron chi connectivity index (χ1n) is 5.53. The Bertz CT molecular complexity index is 597. The van der Waals surface area contributed by atoms with Crippen LogP contribution in [0, 0.1) is 0 Å². The van der Waals surface area contributed by atoms with Crippen LogP contribution < -0.4 is 4.72 Å². The fourth-order valence-corrected chi connectivity index (χ4v) is 4.63. The molecule has 0 saturated carbocycles. The van der Waals surface area contributed by atoms with Gasteiger partial charge in [-0.15, -0.1) is 0 Å². The average Bonchev–Trinajstić information content (AvgIpc) is 2.80. The molecule has 0 radical (unpaired) electrons. The number of thioether (sulfide) groups is 1. The maximum absolute atomic E-state index is 12.1. The van der Waals surface area contributed by atoms with Gasteiger partial charge in [0.05, 0.1) is 15.5 Å². The molecule has 5 nitrogen and oxygen atoms in total. The van der Waals surface area contributed by atoms with Crippen molar-refractivity contribution in [3.05, 3.63) is 28.8 Å². The first-order chi connectivity index (χ1) is 8.90. The number of carbonyl (C=O) groups is 1. The fraction of sp³-hybridized carbons (Fsp3) is 0.364. The summed E-state index contributed by atoms with van der Waals surface area (Å²) in [6.45, 7) is 0. The van der Waals surface area contributed by atoms with Crippen LogP contribution in [0.1, 0.15) is 16.8 Å². The minimum absolute atomic E-state index is 0.0144. The first-order valence-corrected chi connectivity index (χ1v) is 8.54. The zero-order valence-corrected chi connectivity index (χ0v) is 12.2. The number of hydrogen-bond acceptors (Lipinski definition) is 4. The van der Waals surface area contributed by atoms with Gasteiger partial charge in [-0.3, -0.25) is 0 Å². The monoisotopic (exact) mass is 321 g/mol. The van der Waals surface area contributed by atoms with E-state index in [4.69, 9.17) is 16.7 Å². The summed E-state index contributed by atoms with van der Waals surface area (Å²) in [4.78, 5) is 10.8. The predicted molar refractivity (Wildman–Crippen MR) is 74.5 cm³/mol. The lowest BCUT2D eigenvalue weighted by atomic mass is 10.2. The standard InChI is InChI=1S/C11H12ClNO4S2/c12-10-5-8(1-2-9(10)11(14)15)19(16,17)13-7-3-4-18-6-7/h1-2,5,7,13H,3-4,6H2,(H,14,15). The van der Waals surface area contributed by atoms with Crippen LogP contribution in [0.4, 0.5) is 0 Å². The molecule has 0 aliphatic carbocycles. The van der Waals surface area contributed by atoms with Crippen LogP contribution in [-0.4, -0.2) is 37.0 Å². The van der Waals surface area contributed by atoms with Crippen molar-refractivity contribution in [2.75, 3.05) is 11.5 Å². The Hall–Kier alpha value is -0.760. The number of carboxylic acid groups (broad SMARTS) is 1. The minimum Gasteiger partial charge on any atom is -0.478 e. The highest BCUT2D eigenvalue weighted by atomic mass is 35.5. The van der Waals surface area contributed by atoms with Crippen molar-refractivity contribution in [1.82, 2.24) is 4.72 Å². The molecule has 0 aromatic heterocycles. The molecule has 1 aromatic carbocycles. The van der Waals surface area contributed by atoms with E-state index in [-0.39, 0.29) is 21.5 Å². The Morgan fingerprint density at radius 2 is 2.21 bits per heavy atom. The predicted octanol–water partition coefficient (Wildman–Crippen LogP) is 1.82. The van der Waals surface area contributed by atoms with Gasteiger partial charge in [-0.05, 0) is 30.4 Å². The minimum atomic E-state index is -3.65. The number of hydrogen-bond donors (Lipinski definition) is 2. The fourth-order valence-electron chi connectivity index (χ4n) is 1.75. The molecule has 1 saturated heterocycles. The summed E-state index contributed by atoms with van der Waals surface area (Å²) < 4.78 is 26.8. The summed E-state index contributed by atoms with van der Waals surface area (Å²) in [6, 6.07) is 3.53. The van der Waals surface area contributed by atoms with E-state index in [1.54, 1.807) is 11.8 Å². The normalized spacial score (nSPS) is 19.5. The van der Waals surface area contributed by atoms with Gasteiger partial charge < -0.3 is 5.11 Å². The van der Waals surface area contributed by atoms with Gasteiger partial charge in [0.25, 0.3) is 0 Å². The summed E-state index contributed by atoms with van der Waals surface area (Å²) in [5.74, 6) is 0.501. The number of rotatable bonds is 4. The molecule has 1 atom stereocenters. The third-order valence-corrected chi connectivity index (χ3v) is 5.73. The Balaban J connectivity index is 2.25. The Morgan fingerprint density at radius 3 is 2.74 bits per heavy atom. The maximum Gasteiger partial charge on any atom is 0.337 e. The Labute approximate surface area is 120 Å². The summed E-state index contributed by atoms with van der Waals surface area (Å²) in [5, 5.41) is 8.75. The molecule has 0 amide bonds. The van der Waals surface area contributed by atoms with Crippen LogP contribution >= 0.6 is 23.4 Å². The molecule has 2 rings (SSSR count). The van der Waals surface area contributed by atoms with Crippen molar-refractivity contribution in [3.63, 3.8) is 0 Å². The van der Waals surface area contributed by atoms with Gasteiger partial charge in [-0.25, -0.2) is 17.9 Å². The summed E-state index contributed by atoms with van der Waals surface area (Å²) in [7, 11) is -3.65. The third-order valence-electron chi connectivity index (χ3n) is 2.73. The molecule has 8 heteroatoms. The van der Waals surface area contributed by atoms with Crippen molar-refractivity contribution in [3.8, 4) is 0 Å². The summed E-state index contributed by atoms with van der Waals surface area (Å²) in [6.07, 6.45) is 0.796. The zero-order chi connectivity index (χ0) is 14.0. The lowest BCUT2D eigenvalue weighted by molar-refractivity contribution is 0.0697. The maximum atomic E-state index is 12.1. The van der Waals surface area contributed by atoms with Crippen molar-refractivity contribution in [2.45, 2.75) is 17.4 Å². The molecule has 1 aromatic rings. The van der Waals surface area contributed by atoms with E-state index in [0.717, 1.165) is 24.0 Å². The average molecular weight is 322 g/mol. The van der Waals surface area contributed by atoms with Crippen molar-refractivity contribution < 1.29 is 18.3 Å². The van der Waals surface area contributed by atoms with Gasteiger partial charge in [-0.1, -0.05) is 11.6 Å². The highest BCUT2D eigenvalue weighted by molar-refractivity contribution is 7.99. The number of sulfonamides is 1. The van der Waals surface area contributed by atoms with E-state index in [9.17, 15) is 13.2 Å². The number of benzene rings is 1. The molecule has 1 aliphatic heterocycles. The molecule has 0 spiro atoms. The number of halogens is 1. The Kier molecular flexibility index (Phi) is 4.39. The molecule has 1 unspecified atom stereocenters. The molecule has 104 valence electrons. The van der Waals surface area contributed by atoms with Crippen LogP contribution in [0.15, 0.2) is 23.1 Å². The van der Waals surface area contributed by atoms with Crippen molar-refractivity contribution in [1.29, 1.82) is 0 Å². The summed E-state index contributed by atoms with van der Waals surface area (Å²) >= 11 is 7.47. The second kappa shape index (κ2) is 5.70. The van der Waals surface area contributed by atoms with Crippen LogP contribution in [0.3, 0.4) is 0 Å². The molecule has 2 N–H and O–H groups in total. The van der Waals surface area contributed by atoms with Gasteiger partial charge in [0, 0.05) is 11.8 Å². The second-order valence-electron chi connectivity index (χ2n) is 4.13. The topological polar surface area (TPSA) is 83.5 Å². The van der Waals surface area contributed by atoms with Crippen LogP contribution in [-0.2, 0) is 10.0 Å². The highest BCUT2D eigenvalue weighted by Gasteiger charge is 2.24. The van der Waals surface area contributed by atoms with E-state index in [1.165, 1.54) is 12.1 Å². The second-order valence-corrected chi connectivity index (χ2v) is 7.40. The smallest absolute Gasteiger partial charge is 0.337 e. The number of nitrogens with one attached hydrogen (secondary N) is 1. The lowest BCUT2D eigenvalue weighted by Crippen LogP contribution is -2.34. The van der Waals surface area contributed by atoms with Crippen LogP contribution in [0.5, 0.6) is 0 Å². The van der Waals surface area contributed by atoms with Crippen LogP contribution in [0.2, 0.25) is 5.02 Å². The molecule has 1 aliphatic rings. The summed E-state index contributed by atoms with van der Waals surface area (Å²) in [5.41, 5.74) is -0.114. The lowest BCUT2D eigenvalue weighted by Gasteiger charge is -2.12. The van der Waals surface area contributed by atoms with Gasteiger partial charge in [-0.2, -0.15) is 11.8 Å². The van der Waals surface area contributed by atoms with Crippen LogP contribution in [0.25, 0.3) is 0 Å². The largest absolute Gasteiger partial charge is 0.478 e. The van der Waals surface area contributed by atoms with Gasteiger partial charge >= 0.3 is 5.97 Å². The zero-order valence-electron chi connectivity index (χ0n) is 9.80. The highest BCUT2D eigenvalue weighted by Crippen LogP contribution is 2.23. The van der Waals surface area contributed by atoms with Gasteiger partial charge in [0.1, 0.15) is 0 Å². The van der Waals surface area contributed by atoms with E-state index in [2.05, 4.69) is 4.72 Å². The van der Waals surface area contributed by atoms with Gasteiger partial charge in [0.2, 0.25) is 10.0 Å².